The Morgan fingerprint density at radius 1 is 1.64 bits per heavy atom. The number of aromatic nitrogens is 1. The third-order valence-electron chi connectivity index (χ3n) is 1.32. The maximum absolute atomic E-state index is 5.49. The second-order valence-electron chi connectivity index (χ2n) is 2.29. The topological polar surface area (TPSA) is 12.9 Å². The summed E-state index contributed by atoms with van der Waals surface area (Å²) in [4.78, 5) is 4.08. The number of halogens is 1. The molecule has 0 aliphatic carbocycles. The van der Waals surface area contributed by atoms with Gasteiger partial charge in [0.1, 0.15) is 0 Å². The zero-order chi connectivity index (χ0) is 8.10. The first-order chi connectivity index (χ1) is 5.33. The molecule has 11 heavy (non-hydrogen) atoms. The van der Waals surface area contributed by atoms with E-state index in [1.807, 2.05) is 31.2 Å². The van der Waals surface area contributed by atoms with Crippen molar-refractivity contribution < 1.29 is 0 Å². The number of allylic oxidation sites excluding steroid dienone is 1. The van der Waals surface area contributed by atoms with Gasteiger partial charge in [-0.2, -0.15) is 0 Å². The Morgan fingerprint density at radius 2 is 2.45 bits per heavy atom. The molecule has 0 atom stereocenters. The lowest BCUT2D eigenvalue weighted by atomic mass is 10.2. The normalized spacial score (nSPS) is 10.7. The molecule has 1 rings (SSSR count). The van der Waals surface area contributed by atoms with Gasteiger partial charge in [0.2, 0.25) is 0 Å². The van der Waals surface area contributed by atoms with Crippen LogP contribution in [0.15, 0.2) is 24.4 Å². The lowest BCUT2D eigenvalue weighted by Crippen LogP contribution is -1.79. The minimum absolute atomic E-state index is 0.557. The van der Waals surface area contributed by atoms with E-state index < -0.39 is 0 Å². The van der Waals surface area contributed by atoms with Crippen molar-refractivity contribution in [1.82, 2.24) is 4.98 Å². The molecule has 1 nitrogen and oxygen atoms in total. The van der Waals surface area contributed by atoms with Crippen LogP contribution in [0.3, 0.4) is 0 Å². The van der Waals surface area contributed by atoms with Crippen LogP contribution in [0.1, 0.15) is 11.3 Å². The molecule has 0 aliphatic rings. The molecule has 0 bridgehead atoms. The van der Waals surface area contributed by atoms with Gasteiger partial charge in [0, 0.05) is 17.8 Å². The average Bonchev–Trinajstić information content (AvgIpc) is 2.01. The molecular weight excluding hydrogens is 158 g/mol. The second-order valence-corrected chi connectivity index (χ2v) is 2.60. The molecular formula is C9H10ClN. The fourth-order valence-electron chi connectivity index (χ4n) is 0.852. The van der Waals surface area contributed by atoms with Crippen LogP contribution in [0, 0.1) is 6.92 Å². The highest BCUT2D eigenvalue weighted by molar-refractivity contribution is 6.19. The summed E-state index contributed by atoms with van der Waals surface area (Å²) in [7, 11) is 0. The molecule has 0 radical (unpaired) electrons. The van der Waals surface area contributed by atoms with E-state index in [1.165, 1.54) is 0 Å². The molecule has 0 saturated carbocycles. The van der Waals surface area contributed by atoms with E-state index in [0.717, 1.165) is 11.3 Å². The summed E-state index contributed by atoms with van der Waals surface area (Å²) >= 11 is 5.49. The number of aryl methyl sites for hydroxylation is 1. The van der Waals surface area contributed by atoms with Gasteiger partial charge in [-0.3, -0.25) is 4.98 Å². The number of rotatable bonds is 2. The first-order valence-corrected chi connectivity index (χ1v) is 4.01. The number of alkyl halides is 1. The maximum Gasteiger partial charge on any atom is 0.0407 e. The lowest BCUT2D eigenvalue weighted by Gasteiger charge is -1.93. The summed E-state index contributed by atoms with van der Waals surface area (Å²) in [6, 6.07) is 3.97. The highest BCUT2D eigenvalue weighted by Crippen LogP contribution is 2.02. The molecule has 2 heteroatoms. The fourth-order valence-corrected chi connectivity index (χ4v) is 0.941. The Labute approximate surface area is 71.7 Å². The summed E-state index contributed by atoms with van der Waals surface area (Å²) in [6.45, 7) is 1.97. The van der Waals surface area contributed by atoms with E-state index >= 15 is 0 Å². The van der Waals surface area contributed by atoms with Crippen molar-refractivity contribution in [3.8, 4) is 0 Å². The zero-order valence-electron chi connectivity index (χ0n) is 6.42. The Kier molecular flexibility index (Phi) is 3.12. The highest BCUT2D eigenvalue weighted by atomic mass is 35.5. The summed E-state index contributed by atoms with van der Waals surface area (Å²) in [5, 5.41) is 0. The molecule has 1 heterocycles. The molecule has 1 aromatic heterocycles. The number of hydrogen-bond acceptors (Lipinski definition) is 1. The Balaban J connectivity index is 2.79. The van der Waals surface area contributed by atoms with Gasteiger partial charge in [-0.15, -0.1) is 11.6 Å². The minimum atomic E-state index is 0.557. The van der Waals surface area contributed by atoms with E-state index in [0.29, 0.717) is 5.88 Å². The van der Waals surface area contributed by atoms with Crippen molar-refractivity contribution in [2.45, 2.75) is 6.92 Å². The van der Waals surface area contributed by atoms with Gasteiger partial charge in [0.15, 0.2) is 0 Å². The Hall–Kier alpha value is -0.820. The molecule has 1 aromatic rings. The third-order valence-corrected chi connectivity index (χ3v) is 1.50. The van der Waals surface area contributed by atoms with Gasteiger partial charge in [-0.1, -0.05) is 12.2 Å². The van der Waals surface area contributed by atoms with Crippen molar-refractivity contribution in [3.05, 3.63) is 35.7 Å². The van der Waals surface area contributed by atoms with E-state index in [9.17, 15) is 0 Å². The molecule has 0 aromatic carbocycles. The number of nitrogens with zero attached hydrogens (tertiary/aromatic N) is 1. The monoisotopic (exact) mass is 167 g/mol. The van der Waals surface area contributed by atoms with Crippen LogP contribution in [-0.4, -0.2) is 10.9 Å². The molecule has 58 valence electrons. The van der Waals surface area contributed by atoms with Crippen LogP contribution >= 0.6 is 11.6 Å². The molecule has 0 unspecified atom stereocenters. The molecule has 0 spiro atoms. The maximum atomic E-state index is 5.49. The van der Waals surface area contributed by atoms with Gasteiger partial charge < -0.3 is 0 Å². The van der Waals surface area contributed by atoms with Crippen LogP contribution in [0.4, 0.5) is 0 Å². The number of hydrogen-bond donors (Lipinski definition) is 0. The molecule has 0 saturated heterocycles. The highest BCUT2D eigenvalue weighted by Gasteiger charge is 1.86. The van der Waals surface area contributed by atoms with Gasteiger partial charge in [-0.05, 0) is 24.6 Å². The van der Waals surface area contributed by atoms with Crippen molar-refractivity contribution >= 4 is 17.7 Å². The van der Waals surface area contributed by atoms with E-state index in [4.69, 9.17) is 11.6 Å². The molecule has 0 fully saturated rings. The SMILES string of the molecule is Cc1cc(C=CCCl)ccn1. The van der Waals surface area contributed by atoms with Gasteiger partial charge in [0.05, 0.1) is 0 Å². The first kappa shape index (κ1) is 8.28. The molecule has 0 N–H and O–H groups in total. The predicted molar refractivity (Wildman–Crippen MR) is 48.7 cm³/mol. The van der Waals surface area contributed by atoms with Crippen LogP contribution in [0.25, 0.3) is 6.08 Å². The minimum Gasteiger partial charge on any atom is -0.262 e. The summed E-state index contributed by atoms with van der Waals surface area (Å²) in [5.41, 5.74) is 2.18. The van der Waals surface area contributed by atoms with Crippen molar-refractivity contribution in [1.29, 1.82) is 0 Å². The van der Waals surface area contributed by atoms with E-state index in [2.05, 4.69) is 4.98 Å². The van der Waals surface area contributed by atoms with Crippen LogP contribution in [-0.2, 0) is 0 Å². The van der Waals surface area contributed by atoms with Crippen LogP contribution in [0.2, 0.25) is 0 Å². The van der Waals surface area contributed by atoms with Gasteiger partial charge in [0.25, 0.3) is 0 Å². The summed E-state index contributed by atoms with van der Waals surface area (Å²) in [6.07, 6.45) is 5.70. The van der Waals surface area contributed by atoms with Crippen molar-refractivity contribution in [3.63, 3.8) is 0 Å². The van der Waals surface area contributed by atoms with Crippen molar-refractivity contribution in [2.75, 3.05) is 5.88 Å². The quantitative estimate of drug-likeness (QED) is 0.618. The zero-order valence-corrected chi connectivity index (χ0v) is 7.17. The smallest absolute Gasteiger partial charge is 0.0407 e. The molecule has 0 amide bonds. The number of pyridine rings is 1. The largest absolute Gasteiger partial charge is 0.262 e. The fraction of sp³-hybridized carbons (Fsp3) is 0.222. The van der Waals surface area contributed by atoms with Crippen molar-refractivity contribution in [2.24, 2.45) is 0 Å². The second kappa shape index (κ2) is 4.14. The third kappa shape index (κ3) is 2.72. The average molecular weight is 168 g/mol. The van der Waals surface area contributed by atoms with Gasteiger partial charge >= 0.3 is 0 Å². The Bertz CT molecular complexity index is 255. The van der Waals surface area contributed by atoms with E-state index in [-0.39, 0.29) is 0 Å². The lowest BCUT2D eigenvalue weighted by molar-refractivity contribution is 1.20. The van der Waals surface area contributed by atoms with Gasteiger partial charge in [-0.25, -0.2) is 0 Å². The Morgan fingerprint density at radius 3 is 3.09 bits per heavy atom. The predicted octanol–water partition coefficient (Wildman–Crippen LogP) is 2.64. The molecule has 0 aliphatic heterocycles. The van der Waals surface area contributed by atoms with E-state index in [1.54, 1.807) is 6.20 Å². The first-order valence-electron chi connectivity index (χ1n) is 3.48. The standard InChI is InChI=1S/C9H10ClN/c1-8-7-9(3-2-5-10)4-6-11-8/h2-4,6-7H,5H2,1H3. The summed E-state index contributed by atoms with van der Waals surface area (Å²) in [5.74, 6) is 0.557. The van der Waals surface area contributed by atoms with Crippen LogP contribution < -0.4 is 0 Å². The summed E-state index contributed by atoms with van der Waals surface area (Å²) < 4.78 is 0. The van der Waals surface area contributed by atoms with Crippen LogP contribution in [0.5, 0.6) is 0 Å².